The molecule has 0 aliphatic carbocycles. The number of hydrogen-bond donors (Lipinski definition) is 3. The van der Waals surface area contributed by atoms with Gasteiger partial charge in [-0.2, -0.15) is 0 Å². The van der Waals surface area contributed by atoms with Crippen LogP contribution in [0.15, 0.2) is 27.8 Å². The Morgan fingerprint density at radius 2 is 2.24 bits per heavy atom. The van der Waals surface area contributed by atoms with E-state index in [2.05, 4.69) is 21.1 Å². The number of hydrogen-bond acceptors (Lipinski definition) is 4. The van der Waals surface area contributed by atoms with Crippen LogP contribution >= 0.6 is 15.9 Å². The second-order valence-electron chi connectivity index (χ2n) is 3.88. The summed E-state index contributed by atoms with van der Waals surface area (Å²) < 4.78 is 0.824. The third kappa shape index (κ3) is 3.61. The Bertz CT molecular complexity index is 421. The molecule has 94 valence electrons. The number of anilines is 1. The second kappa shape index (κ2) is 5.88. The second-order valence-corrected chi connectivity index (χ2v) is 4.74. The maximum Gasteiger partial charge on any atom is 0.170 e. The van der Waals surface area contributed by atoms with E-state index in [0.717, 1.165) is 10.2 Å². The van der Waals surface area contributed by atoms with Crippen molar-refractivity contribution in [2.75, 3.05) is 18.5 Å². The Labute approximate surface area is 109 Å². The number of nitrogens with zero attached hydrogens (tertiary/aromatic N) is 2. The molecule has 0 amide bonds. The number of nitrogens with two attached hydrogens (primary N) is 1. The van der Waals surface area contributed by atoms with Crippen molar-refractivity contribution in [3.05, 3.63) is 28.2 Å². The molecule has 0 saturated heterocycles. The van der Waals surface area contributed by atoms with Crippen molar-refractivity contribution in [3.8, 4) is 0 Å². The zero-order valence-electron chi connectivity index (χ0n) is 9.76. The SMILES string of the molecule is CC(O)CN(C)c1ccc(/C(N)=N/O)cc1Br. The molecule has 1 aromatic rings. The number of halogens is 1. The van der Waals surface area contributed by atoms with E-state index in [1.807, 2.05) is 18.0 Å². The molecule has 0 fully saturated rings. The van der Waals surface area contributed by atoms with Gasteiger partial charge < -0.3 is 20.9 Å². The fourth-order valence-electron chi connectivity index (χ4n) is 1.53. The predicted molar refractivity (Wildman–Crippen MR) is 71.6 cm³/mol. The summed E-state index contributed by atoms with van der Waals surface area (Å²) in [6.45, 7) is 2.26. The van der Waals surface area contributed by atoms with Gasteiger partial charge in [0.1, 0.15) is 0 Å². The highest BCUT2D eigenvalue weighted by molar-refractivity contribution is 9.10. The van der Waals surface area contributed by atoms with Crippen LogP contribution in [0.5, 0.6) is 0 Å². The summed E-state index contributed by atoms with van der Waals surface area (Å²) in [5.41, 5.74) is 7.06. The Hall–Kier alpha value is -1.27. The lowest BCUT2D eigenvalue weighted by Crippen LogP contribution is -2.27. The van der Waals surface area contributed by atoms with E-state index in [-0.39, 0.29) is 5.84 Å². The lowest BCUT2D eigenvalue weighted by molar-refractivity contribution is 0.201. The number of oxime groups is 1. The highest BCUT2D eigenvalue weighted by atomic mass is 79.9. The average Bonchev–Trinajstić information content (AvgIpc) is 2.26. The number of aliphatic hydroxyl groups excluding tert-OH is 1. The van der Waals surface area contributed by atoms with Crippen molar-refractivity contribution in [1.29, 1.82) is 0 Å². The van der Waals surface area contributed by atoms with Crippen LogP contribution in [0.4, 0.5) is 5.69 Å². The van der Waals surface area contributed by atoms with Crippen molar-refractivity contribution in [1.82, 2.24) is 0 Å². The van der Waals surface area contributed by atoms with Gasteiger partial charge in [-0.05, 0) is 41.1 Å². The smallest absolute Gasteiger partial charge is 0.170 e. The third-order valence-corrected chi connectivity index (χ3v) is 2.94. The quantitative estimate of drug-likeness (QED) is 0.339. The van der Waals surface area contributed by atoms with Crippen molar-refractivity contribution in [3.63, 3.8) is 0 Å². The Morgan fingerprint density at radius 1 is 1.59 bits per heavy atom. The highest BCUT2D eigenvalue weighted by Gasteiger charge is 2.10. The molecule has 17 heavy (non-hydrogen) atoms. The summed E-state index contributed by atoms with van der Waals surface area (Å²) in [6.07, 6.45) is -0.407. The summed E-state index contributed by atoms with van der Waals surface area (Å²) >= 11 is 3.42. The van der Waals surface area contributed by atoms with E-state index in [1.165, 1.54) is 0 Å². The zero-order valence-corrected chi connectivity index (χ0v) is 11.3. The van der Waals surface area contributed by atoms with Crippen LogP contribution in [-0.4, -0.2) is 35.8 Å². The number of aliphatic hydroxyl groups is 1. The van der Waals surface area contributed by atoms with Gasteiger partial charge in [-0.3, -0.25) is 0 Å². The number of likely N-dealkylation sites (N-methyl/N-ethyl adjacent to an activating group) is 1. The molecular weight excluding hydrogens is 286 g/mol. The number of rotatable bonds is 4. The van der Waals surface area contributed by atoms with Crippen molar-refractivity contribution in [2.45, 2.75) is 13.0 Å². The first-order chi connectivity index (χ1) is 7.95. The largest absolute Gasteiger partial charge is 0.409 e. The standard InChI is InChI=1S/C11H16BrN3O2/c1-7(16)6-15(2)10-4-3-8(5-9(10)12)11(13)14-17/h3-5,7,16-17H,6H2,1-2H3,(H2,13,14). The molecule has 4 N–H and O–H groups in total. The Balaban J connectivity index is 2.97. The van der Waals surface area contributed by atoms with Crippen LogP contribution in [-0.2, 0) is 0 Å². The van der Waals surface area contributed by atoms with E-state index in [0.29, 0.717) is 12.1 Å². The first kappa shape index (κ1) is 13.8. The predicted octanol–water partition coefficient (Wildman–Crippen LogP) is 1.36. The topological polar surface area (TPSA) is 82.1 Å². The minimum Gasteiger partial charge on any atom is -0.409 e. The fraction of sp³-hybridized carbons (Fsp3) is 0.364. The lowest BCUT2D eigenvalue weighted by Gasteiger charge is -2.22. The molecule has 0 spiro atoms. The normalized spacial score (nSPS) is 13.5. The van der Waals surface area contributed by atoms with Gasteiger partial charge in [0, 0.05) is 23.6 Å². The first-order valence-electron chi connectivity index (χ1n) is 5.12. The molecule has 1 unspecified atom stereocenters. The molecule has 1 atom stereocenters. The van der Waals surface area contributed by atoms with Crippen LogP contribution in [0.1, 0.15) is 12.5 Å². The molecule has 0 aliphatic rings. The fourth-order valence-corrected chi connectivity index (χ4v) is 2.21. The molecule has 6 heteroatoms. The van der Waals surface area contributed by atoms with Crippen LogP contribution < -0.4 is 10.6 Å². The van der Waals surface area contributed by atoms with E-state index in [9.17, 15) is 5.11 Å². The van der Waals surface area contributed by atoms with Gasteiger partial charge in [-0.15, -0.1) is 0 Å². The average molecular weight is 302 g/mol. The Morgan fingerprint density at radius 3 is 2.71 bits per heavy atom. The summed E-state index contributed by atoms with van der Waals surface area (Å²) in [5.74, 6) is 0.0652. The van der Waals surface area contributed by atoms with E-state index >= 15 is 0 Å². The molecule has 1 aromatic carbocycles. The van der Waals surface area contributed by atoms with Crippen molar-refractivity contribution < 1.29 is 10.3 Å². The van der Waals surface area contributed by atoms with Crippen LogP contribution in [0.2, 0.25) is 0 Å². The van der Waals surface area contributed by atoms with Crippen LogP contribution in [0.3, 0.4) is 0 Å². The summed E-state index contributed by atoms with van der Waals surface area (Å²) in [5, 5.41) is 20.9. The summed E-state index contributed by atoms with van der Waals surface area (Å²) in [6, 6.07) is 5.37. The highest BCUT2D eigenvalue weighted by Crippen LogP contribution is 2.26. The maximum absolute atomic E-state index is 9.33. The summed E-state index contributed by atoms with van der Waals surface area (Å²) in [7, 11) is 1.88. The molecule has 0 radical (unpaired) electrons. The van der Waals surface area contributed by atoms with Gasteiger partial charge in [-0.25, -0.2) is 0 Å². The molecule has 0 aliphatic heterocycles. The molecule has 0 heterocycles. The van der Waals surface area contributed by atoms with Gasteiger partial charge >= 0.3 is 0 Å². The van der Waals surface area contributed by atoms with Crippen molar-refractivity contribution >= 4 is 27.5 Å². The van der Waals surface area contributed by atoms with Gasteiger partial charge in [0.05, 0.1) is 11.8 Å². The Kier molecular flexibility index (Phi) is 4.77. The van der Waals surface area contributed by atoms with Crippen LogP contribution in [0.25, 0.3) is 0 Å². The third-order valence-electron chi connectivity index (χ3n) is 2.30. The van der Waals surface area contributed by atoms with E-state index < -0.39 is 6.10 Å². The molecule has 5 nitrogen and oxygen atoms in total. The lowest BCUT2D eigenvalue weighted by atomic mass is 10.2. The minimum atomic E-state index is -0.407. The van der Waals surface area contributed by atoms with Crippen LogP contribution in [0, 0.1) is 0 Å². The van der Waals surface area contributed by atoms with Gasteiger partial charge in [0.25, 0.3) is 0 Å². The number of benzene rings is 1. The van der Waals surface area contributed by atoms with Gasteiger partial charge in [0.15, 0.2) is 5.84 Å². The van der Waals surface area contributed by atoms with Gasteiger partial charge in [-0.1, -0.05) is 5.16 Å². The molecule has 0 saturated carbocycles. The van der Waals surface area contributed by atoms with E-state index in [4.69, 9.17) is 10.9 Å². The van der Waals surface area contributed by atoms with Crippen molar-refractivity contribution in [2.24, 2.45) is 10.9 Å². The zero-order chi connectivity index (χ0) is 13.0. The number of amidine groups is 1. The molecule has 0 bridgehead atoms. The minimum absolute atomic E-state index is 0.0652. The van der Waals surface area contributed by atoms with E-state index in [1.54, 1.807) is 19.1 Å². The summed E-state index contributed by atoms with van der Waals surface area (Å²) in [4.78, 5) is 1.92. The maximum atomic E-state index is 9.33. The molecular formula is C11H16BrN3O2. The first-order valence-corrected chi connectivity index (χ1v) is 5.91. The molecule has 0 aromatic heterocycles. The molecule has 1 rings (SSSR count). The van der Waals surface area contributed by atoms with Gasteiger partial charge in [0.2, 0.25) is 0 Å². The monoisotopic (exact) mass is 301 g/mol.